The standard InChI is InChI=1S/C27H31N5O3/c1-32-10-4-17(5-11-32)26(34)31-19-13-21-22(16-30-25(21)29-15-19)18-2-3-20-23(33)14-27(35-24(20)12-18)6-8-28-9-7-27/h2-3,12-13,15-17,28H,4-11,14H2,1H3,(H,29,30)(H,31,34). The van der Waals surface area contributed by atoms with Gasteiger partial charge < -0.3 is 25.3 Å². The van der Waals surface area contributed by atoms with Gasteiger partial charge in [-0.2, -0.15) is 0 Å². The van der Waals surface area contributed by atoms with Crippen molar-refractivity contribution in [3.05, 3.63) is 42.2 Å². The Labute approximate surface area is 204 Å². The third kappa shape index (κ3) is 4.21. The number of aromatic nitrogens is 2. The number of anilines is 1. The number of nitrogens with zero attached hydrogens (tertiary/aromatic N) is 2. The first kappa shape index (κ1) is 22.2. The Morgan fingerprint density at radius 1 is 1.17 bits per heavy atom. The number of ketones is 1. The molecule has 8 heteroatoms. The van der Waals surface area contributed by atoms with Crippen molar-refractivity contribution in [1.82, 2.24) is 20.2 Å². The fourth-order valence-corrected chi connectivity index (χ4v) is 5.65. The second kappa shape index (κ2) is 8.77. The molecule has 182 valence electrons. The molecule has 0 unspecified atom stereocenters. The van der Waals surface area contributed by atoms with Crippen molar-refractivity contribution in [1.29, 1.82) is 0 Å². The molecule has 6 rings (SSSR count). The largest absolute Gasteiger partial charge is 0.486 e. The van der Waals surface area contributed by atoms with E-state index in [9.17, 15) is 9.59 Å². The number of likely N-dealkylation sites (tertiary alicyclic amines) is 1. The number of nitrogens with one attached hydrogen (secondary N) is 3. The summed E-state index contributed by atoms with van der Waals surface area (Å²) in [6, 6.07) is 7.79. The maximum Gasteiger partial charge on any atom is 0.227 e. The van der Waals surface area contributed by atoms with E-state index in [1.807, 2.05) is 30.5 Å². The van der Waals surface area contributed by atoms with Crippen molar-refractivity contribution < 1.29 is 14.3 Å². The van der Waals surface area contributed by atoms with Gasteiger partial charge in [-0.25, -0.2) is 4.98 Å². The van der Waals surface area contributed by atoms with Gasteiger partial charge in [0.05, 0.1) is 23.9 Å². The molecule has 1 amide bonds. The molecule has 8 nitrogen and oxygen atoms in total. The third-order valence-electron chi connectivity index (χ3n) is 7.80. The van der Waals surface area contributed by atoms with Crippen molar-refractivity contribution >= 4 is 28.4 Å². The minimum Gasteiger partial charge on any atom is -0.486 e. The van der Waals surface area contributed by atoms with Crippen LogP contribution in [-0.2, 0) is 4.79 Å². The average molecular weight is 474 g/mol. The van der Waals surface area contributed by atoms with Gasteiger partial charge in [0.1, 0.15) is 17.0 Å². The quantitative estimate of drug-likeness (QED) is 0.538. The number of piperidine rings is 2. The zero-order chi connectivity index (χ0) is 24.0. The van der Waals surface area contributed by atoms with Crippen LogP contribution in [0, 0.1) is 5.92 Å². The molecule has 0 bridgehead atoms. The fourth-order valence-electron chi connectivity index (χ4n) is 5.65. The maximum absolute atomic E-state index is 12.9. The summed E-state index contributed by atoms with van der Waals surface area (Å²) < 4.78 is 6.49. The summed E-state index contributed by atoms with van der Waals surface area (Å²) in [6.45, 7) is 3.61. The van der Waals surface area contributed by atoms with Crippen molar-refractivity contribution in [2.45, 2.75) is 37.7 Å². The van der Waals surface area contributed by atoms with E-state index in [1.54, 1.807) is 6.20 Å². The molecular formula is C27H31N5O3. The summed E-state index contributed by atoms with van der Waals surface area (Å²) >= 11 is 0. The molecule has 35 heavy (non-hydrogen) atoms. The van der Waals surface area contributed by atoms with E-state index in [-0.39, 0.29) is 17.6 Å². The van der Waals surface area contributed by atoms with Crippen LogP contribution in [0.3, 0.4) is 0 Å². The van der Waals surface area contributed by atoms with E-state index in [0.29, 0.717) is 23.4 Å². The van der Waals surface area contributed by atoms with Gasteiger partial charge in [-0.05, 0) is 69.8 Å². The van der Waals surface area contributed by atoms with Gasteiger partial charge in [-0.3, -0.25) is 9.59 Å². The number of hydrogen-bond acceptors (Lipinski definition) is 6. The predicted octanol–water partition coefficient (Wildman–Crippen LogP) is 3.60. The fraction of sp³-hybridized carbons (Fsp3) is 0.444. The number of aromatic amines is 1. The number of rotatable bonds is 3. The van der Waals surface area contributed by atoms with Crippen LogP contribution >= 0.6 is 0 Å². The van der Waals surface area contributed by atoms with E-state index in [1.165, 1.54) is 0 Å². The van der Waals surface area contributed by atoms with Crippen LogP contribution in [0.2, 0.25) is 0 Å². The average Bonchev–Trinajstić information content (AvgIpc) is 3.28. The molecule has 0 atom stereocenters. The SMILES string of the molecule is CN1CCC(C(=O)Nc2cnc3[nH]cc(-c4ccc5c(c4)OC4(CCNCC4)CC5=O)c3c2)CC1. The van der Waals surface area contributed by atoms with Crippen molar-refractivity contribution in [2.24, 2.45) is 5.92 Å². The van der Waals surface area contributed by atoms with Crippen molar-refractivity contribution in [3.63, 3.8) is 0 Å². The number of H-pyrrole nitrogens is 1. The highest BCUT2D eigenvalue weighted by Crippen LogP contribution is 2.41. The highest BCUT2D eigenvalue weighted by Gasteiger charge is 2.41. The number of ether oxygens (including phenoxy) is 1. The number of carbonyl (C=O) groups excluding carboxylic acids is 2. The van der Waals surface area contributed by atoms with E-state index < -0.39 is 5.60 Å². The first-order valence-corrected chi connectivity index (χ1v) is 12.5. The Balaban J connectivity index is 1.28. The lowest BCUT2D eigenvalue weighted by Gasteiger charge is -2.41. The number of hydrogen-bond donors (Lipinski definition) is 3. The van der Waals surface area contributed by atoms with Crippen LogP contribution in [0.25, 0.3) is 22.2 Å². The zero-order valence-electron chi connectivity index (χ0n) is 20.0. The molecule has 3 aliphatic heterocycles. The summed E-state index contributed by atoms with van der Waals surface area (Å²) in [4.78, 5) is 35.8. The predicted molar refractivity (Wildman–Crippen MR) is 135 cm³/mol. The second-order valence-electron chi connectivity index (χ2n) is 10.2. The lowest BCUT2D eigenvalue weighted by atomic mass is 9.82. The Morgan fingerprint density at radius 3 is 2.77 bits per heavy atom. The molecule has 2 saturated heterocycles. The van der Waals surface area contributed by atoms with Gasteiger partial charge in [0.2, 0.25) is 5.91 Å². The molecule has 3 N–H and O–H groups in total. The Bertz CT molecular complexity index is 1290. The normalized spacial score (nSPS) is 20.5. The van der Waals surface area contributed by atoms with Gasteiger partial charge in [0.25, 0.3) is 0 Å². The van der Waals surface area contributed by atoms with Crippen LogP contribution in [0.5, 0.6) is 5.75 Å². The number of benzene rings is 1. The summed E-state index contributed by atoms with van der Waals surface area (Å²) in [5.41, 5.74) is 3.62. The molecular weight excluding hydrogens is 442 g/mol. The number of carbonyl (C=O) groups is 2. The molecule has 0 radical (unpaired) electrons. The van der Waals surface area contributed by atoms with E-state index >= 15 is 0 Å². The lowest BCUT2D eigenvalue weighted by molar-refractivity contribution is -0.121. The third-order valence-corrected chi connectivity index (χ3v) is 7.80. The summed E-state index contributed by atoms with van der Waals surface area (Å²) in [7, 11) is 2.09. The van der Waals surface area contributed by atoms with E-state index in [2.05, 4.69) is 32.5 Å². The molecule has 0 aliphatic carbocycles. The monoisotopic (exact) mass is 473 g/mol. The minimum absolute atomic E-state index is 0.0326. The number of amides is 1. The van der Waals surface area contributed by atoms with Gasteiger partial charge >= 0.3 is 0 Å². The van der Waals surface area contributed by atoms with E-state index in [0.717, 1.165) is 74.0 Å². The number of fused-ring (bicyclic) bond motifs is 2. The molecule has 5 heterocycles. The summed E-state index contributed by atoms with van der Waals surface area (Å²) in [5.74, 6) is 0.906. The van der Waals surface area contributed by atoms with Gasteiger partial charge in [-0.1, -0.05) is 6.07 Å². The molecule has 1 aromatic carbocycles. The summed E-state index contributed by atoms with van der Waals surface area (Å²) in [5, 5.41) is 7.35. The summed E-state index contributed by atoms with van der Waals surface area (Å²) in [6.07, 6.45) is 7.48. The van der Waals surface area contributed by atoms with Gasteiger partial charge in [-0.15, -0.1) is 0 Å². The van der Waals surface area contributed by atoms with Gasteiger partial charge in [0.15, 0.2) is 5.78 Å². The Morgan fingerprint density at radius 2 is 1.97 bits per heavy atom. The number of Topliss-reactive ketones (excluding diaryl/α,β-unsaturated/α-hetero) is 1. The first-order valence-electron chi connectivity index (χ1n) is 12.5. The second-order valence-corrected chi connectivity index (χ2v) is 10.2. The number of pyridine rings is 1. The zero-order valence-corrected chi connectivity index (χ0v) is 20.0. The van der Waals surface area contributed by atoms with Gasteiger partial charge in [0, 0.05) is 35.9 Å². The topological polar surface area (TPSA) is 99.3 Å². The minimum atomic E-state index is -0.402. The molecule has 0 saturated carbocycles. The highest BCUT2D eigenvalue weighted by molar-refractivity contribution is 6.02. The first-order chi connectivity index (χ1) is 17.0. The van der Waals surface area contributed by atoms with Crippen molar-refractivity contribution in [2.75, 3.05) is 38.5 Å². The smallest absolute Gasteiger partial charge is 0.227 e. The van der Waals surface area contributed by atoms with E-state index in [4.69, 9.17) is 4.74 Å². The van der Waals surface area contributed by atoms with Crippen LogP contribution in [0.1, 0.15) is 42.5 Å². The maximum atomic E-state index is 12.9. The molecule has 3 aliphatic rings. The molecule has 1 spiro atoms. The molecule has 3 aromatic rings. The van der Waals surface area contributed by atoms with Crippen LogP contribution in [0.4, 0.5) is 5.69 Å². The van der Waals surface area contributed by atoms with Crippen LogP contribution in [0.15, 0.2) is 36.7 Å². The van der Waals surface area contributed by atoms with Crippen LogP contribution < -0.4 is 15.4 Å². The lowest BCUT2D eigenvalue weighted by Crippen LogP contribution is -2.49. The molecule has 2 fully saturated rings. The Kier molecular flexibility index (Phi) is 5.57. The molecule has 2 aromatic heterocycles. The highest BCUT2D eigenvalue weighted by atomic mass is 16.5. The Hall–Kier alpha value is -3.23. The van der Waals surface area contributed by atoms with Crippen LogP contribution in [-0.4, -0.2) is 65.4 Å². The van der Waals surface area contributed by atoms with Crippen molar-refractivity contribution in [3.8, 4) is 16.9 Å².